The minimum absolute atomic E-state index is 0.176. The molecule has 0 saturated carbocycles. The van der Waals surface area contributed by atoms with Crippen LogP contribution < -0.4 is 9.47 Å². The lowest BCUT2D eigenvalue weighted by molar-refractivity contribution is -0.143. The van der Waals surface area contributed by atoms with Crippen molar-refractivity contribution in [3.8, 4) is 11.5 Å². The highest BCUT2D eigenvalue weighted by Crippen LogP contribution is 2.33. The highest BCUT2D eigenvalue weighted by Gasteiger charge is 2.20. The number of nitrogens with zero attached hydrogens (tertiary/aromatic N) is 1. The Morgan fingerprint density at radius 2 is 2.00 bits per heavy atom. The van der Waals surface area contributed by atoms with Crippen LogP contribution in [0.25, 0.3) is 0 Å². The van der Waals surface area contributed by atoms with Gasteiger partial charge in [0.1, 0.15) is 0 Å². The summed E-state index contributed by atoms with van der Waals surface area (Å²) in [5, 5.41) is 0. The number of benzene rings is 1. The maximum atomic E-state index is 12.6. The number of fused-ring (bicyclic) bond motifs is 1. The van der Waals surface area contributed by atoms with E-state index in [0.29, 0.717) is 18.5 Å². The lowest BCUT2D eigenvalue weighted by atomic mass is 10.1. The molecule has 152 valence electrons. The van der Waals surface area contributed by atoms with Crippen molar-refractivity contribution in [2.45, 2.75) is 39.7 Å². The summed E-state index contributed by atoms with van der Waals surface area (Å²) in [5.74, 6) is 1.24. The summed E-state index contributed by atoms with van der Waals surface area (Å²) in [6, 6.07) is 7.71. The summed E-state index contributed by atoms with van der Waals surface area (Å²) >= 11 is 0. The monoisotopic (exact) mass is 395 g/mol. The van der Waals surface area contributed by atoms with Gasteiger partial charge in [-0.1, -0.05) is 18.2 Å². The SMILES string of the molecule is Cc1cc(C(=O)COC(=O)C[C@H]2C=CCC2)c(C)n1Cc1ccc2c(c1)OCO2. The van der Waals surface area contributed by atoms with Crippen LogP contribution in [0.3, 0.4) is 0 Å². The third-order valence-electron chi connectivity index (χ3n) is 5.56. The van der Waals surface area contributed by atoms with Gasteiger partial charge in [0.25, 0.3) is 0 Å². The maximum Gasteiger partial charge on any atom is 0.306 e. The number of carbonyl (C=O) groups is 2. The fourth-order valence-electron chi connectivity index (χ4n) is 3.91. The topological polar surface area (TPSA) is 66.8 Å². The lowest BCUT2D eigenvalue weighted by Crippen LogP contribution is -2.16. The molecule has 0 unspecified atom stereocenters. The van der Waals surface area contributed by atoms with E-state index in [1.165, 1.54) is 0 Å². The van der Waals surface area contributed by atoms with Crippen molar-refractivity contribution in [2.75, 3.05) is 13.4 Å². The number of carbonyl (C=O) groups excluding carboxylic acids is 2. The highest BCUT2D eigenvalue weighted by atomic mass is 16.7. The van der Waals surface area contributed by atoms with E-state index in [1.54, 1.807) is 0 Å². The van der Waals surface area contributed by atoms with Crippen LogP contribution in [-0.2, 0) is 16.1 Å². The van der Waals surface area contributed by atoms with Gasteiger partial charge in [0, 0.05) is 23.5 Å². The molecule has 29 heavy (non-hydrogen) atoms. The summed E-state index contributed by atoms with van der Waals surface area (Å²) in [7, 11) is 0. The fraction of sp³-hybridized carbons (Fsp3) is 0.391. The average Bonchev–Trinajstić information content (AvgIpc) is 3.43. The van der Waals surface area contributed by atoms with Gasteiger partial charge in [-0.3, -0.25) is 9.59 Å². The van der Waals surface area contributed by atoms with Crippen molar-refractivity contribution in [1.29, 1.82) is 0 Å². The number of esters is 1. The summed E-state index contributed by atoms with van der Waals surface area (Å²) in [4.78, 5) is 24.6. The number of aromatic nitrogens is 1. The molecule has 1 aliphatic carbocycles. The van der Waals surface area contributed by atoms with Crippen LogP contribution in [0, 0.1) is 19.8 Å². The van der Waals surface area contributed by atoms with E-state index in [-0.39, 0.29) is 31.1 Å². The number of ketones is 1. The van der Waals surface area contributed by atoms with Gasteiger partial charge in [-0.2, -0.15) is 0 Å². The molecular formula is C23H25NO5. The molecule has 2 aliphatic rings. The second-order valence-corrected chi connectivity index (χ2v) is 7.61. The molecule has 1 aliphatic heterocycles. The van der Waals surface area contributed by atoms with Crippen molar-refractivity contribution in [3.05, 3.63) is 58.9 Å². The molecule has 2 aromatic rings. The van der Waals surface area contributed by atoms with Gasteiger partial charge in [-0.05, 0) is 56.4 Å². The molecule has 0 saturated heterocycles. The molecule has 0 amide bonds. The first-order valence-electron chi connectivity index (χ1n) is 9.92. The fourth-order valence-corrected chi connectivity index (χ4v) is 3.91. The lowest BCUT2D eigenvalue weighted by Gasteiger charge is -2.11. The maximum absolute atomic E-state index is 12.6. The van der Waals surface area contributed by atoms with Crippen LogP contribution in [0.2, 0.25) is 0 Å². The molecule has 0 bridgehead atoms. The van der Waals surface area contributed by atoms with Crippen LogP contribution in [-0.4, -0.2) is 29.7 Å². The number of Topliss-reactive ketones (excluding diaryl/α,β-unsaturated/α-hetero) is 1. The average molecular weight is 395 g/mol. The van der Waals surface area contributed by atoms with E-state index >= 15 is 0 Å². The molecular weight excluding hydrogens is 370 g/mol. The molecule has 4 rings (SSSR count). The molecule has 2 heterocycles. The number of hydrogen-bond acceptors (Lipinski definition) is 5. The number of hydrogen-bond donors (Lipinski definition) is 0. The quantitative estimate of drug-likeness (QED) is 0.403. The Hall–Kier alpha value is -3.02. The van der Waals surface area contributed by atoms with E-state index in [1.807, 2.05) is 44.2 Å². The summed E-state index contributed by atoms with van der Waals surface area (Å²) in [6.07, 6.45) is 6.45. The zero-order valence-corrected chi connectivity index (χ0v) is 16.8. The van der Waals surface area contributed by atoms with Crippen molar-refractivity contribution in [3.63, 3.8) is 0 Å². The molecule has 0 fully saturated rings. The van der Waals surface area contributed by atoms with Crippen LogP contribution in [0.5, 0.6) is 11.5 Å². The molecule has 1 aromatic carbocycles. The first-order chi connectivity index (χ1) is 14.0. The summed E-state index contributed by atoms with van der Waals surface area (Å²) < 4.78 is 18.1. The van der Waals surface area contributed by atoms with Crippen LogP contribution in [0.1, 0.15) is 46.6 Å². The predicted octanol–water partition coefficient (Wildman–Crippen LogP) is 3.96. The van der Waals surface area contributed by atoms with Gasteiger partial charge in [-0.25, -0.2) is 0 Å². The molecule has 6 nitrogen and oxygen atoms in total. The smallest absolute Gasteiger partial charge is 0.306 e. The molecule has 1 aromatic heterocycles. The van der Waals surface area contributed by atoms with Crippen LogP contribution >= 0.6 is 0 Å². The van der Waals surface area contributed by atoms with E-state index in [2.05, 4.69) is 10.6 Å². The van der Waals surface area contributed by atoms with Crippen molar-refractivity contribution < 1.29 is 23.8 Å². The second kappa shape index (κ2) is 8.15. The molecule has 6 heteroatoms. The summed E-state index contributed by atoms with van der Waals surface area (Å²) in [6.45, 7) is 4.53. The zero-order valence-electron chi connectivity index (χ0n) is 16.8. The van der Waals surface area contributed by atoms with E-state index in [9.17, 15) is 9.59 Å². The molecule has 0 N–H and O–H groups in total. The Morgan fingerprint density at radius 1 is 1.17 bits per heavy atom. The zero-order chi connectivity index (χ0) is 20.4. The van der Waals surface area contributed by atoms with Gasteiger partial charge < -0.3 is 18.8 Å². The van der Waals surface area contributed by atoms with Crippen LogP contribution in [0.4, 0.5) is 0 Å². The molecule has 0 radical (unpaired) electrons. The first kappa shape index (κ1) is 19.3. The highest BCUT2D eigenvalue weighted by molar-refractivity contribution is 5.99. The van der Waals surface area contributed by atoms with Gasteiger partial charge in [0.15, 0.2) is 18.1 Å². The number of ether oxygens (including phenoxy) is 3. The standard InChI is InChI=1S/C23H25NO5/c1-15-9-19(20(25)13-27-23(26)11-17-5-3-4-6-17)16(2)24(15)12-18-7-8-21-22(10-18)29-14-28-21/h3,5,7-10,17H,4,6,11-14H2,1-2H3/t17-/m0/s1. The molecule has 0 spiro atoms. The van der Waals surface area contributed by atoms with Gasteiger partial charge in [-0.15, -0.1) is 0 Å². The second-order valence-electron chi connectivity index (χ2n) is 7.61. The molecule has 1 atom stereocenters. The van der Waals surface area contributed by atoms with Gasteiger partial charge in [0.05, 0.1) is 6.42 Å². The Balaban J connectivity index is 1.40. The third-order valence-corrected chi connectivity index (χ3v) is 5.56. The summed E-state index contributed by atoms with van der Waals surface area (Å²) in [5.41, 5.74) is 3.49. The Kier molecular flexibility index (Phi) is 5.43. The van der Waals surface area contributed by atoms with E-state index < -0.39 is 0 Å². The first-order valence-corrected chi connectivity index (χ1v) is 9.92. The third kappa shape index (κ3) is 4.21. The van der Waals surface area contributed by atoms with E-state index in [0.717, 1.165) is 41.3 Å². The van der Waals surface area contributed by atoms with Crippen molar-refractivity contribution >= 4 is 11.8 Å². The number of allylic oxidation sites excluding steroid dienone is 2. The van der Waals surface area contributed by atoms with Crippen molar-refractivity contribution in [2.24, 2.45) is 5.92 Å². The Morgan fingerprint density at radius 3 is 2.79 bits per heavy atom. The van der Waals surface area contributed by atoms with E-state index in [4.69, 9.17) is 14.2 Å². The van der Waals surface area contributed by atoms with Crippen molar-refractivity contribution in [1.82, 2.24) is 4.57 Å². The minimum atomic E-state index is -0.316. The largest absolute Gasteiger partial charge is 0.457 e. The van der Waals surface area contributed by atoms with Gasteiger partial charge in [0.2, 0.25) is 12.6 Å². The number of aryl methyl sites for hydroxylation is 1. The number of rotatable bonds is 7. The minimum Gasteiger partial charge on any atom is -0.457 e. The Bertz CT molecular complexity index is 972. The van der Waals surface area contributed by atoms with Crippen LogP contribution in [0.15, 0.2) is 36.4 Å². The Labute approximate surface area is 170 Å². The predicted molar refractivity (Wildman–Crippen MR) is 107 cm³/mol. The normalized spacial score (nSPS) is 17.0. The van der Waals surface area contributed by atoms with Gasteiger partial charge >= 0.3 is 5.97 Å².